The minimum Gasteiger partial charge on any atom is -0.494 e. The van der Waals surface area contributed by atoms with Crippen molar-refractivity contribution < 1.29 is 23.5 Å². The van der Waals surface area contributed by atoms with E-state index < -0.39 is 11.8 Å². The number of hydrogen-bond acceptors (Lipinski definition) is 7. The molecule has 1 aromatic carbocycles. The number of ether oxygens (including phenoxy) is 1. The number of anilines is 1. The van der Waals surface area contributed by atoms with Crippen LogP contribution in [0, 0.1) is 6.92 Å². The van der Waals surface area contributed by atoms with Gasteiger partial charge in [0.25, 0.3) is 11.8 Å². The van der Waals surface area contributed by atoms with Crippen LogP contribution >= 0.6 is 11.3 Å². The Bertz CT molecular complexity index is 1040. The summed E-state index contributed by atoms with van der Waals surface area (Å²) < 4.78 is 10.4. The van der Waals surface area contributed by atoms with Gasteiger partial charge in [0, 0.05) is 10.9 Å². The molecule has 0 saturated carbocycles. The highest BCUT2D eigenvalue weighted by Gasteiger charge is 2.15. The van der Waals surface area contributed by atoms with Crippen LogP contribution < -0.4 is 20.9 Å². The largest absolute Gasteiger partial charge is 0.494 e. The monoisotopic (exact) mass is 428 g/mol. The van der Waals surface area contributed by atoms with Gasteiger partial charge in [-0.05, 0) is 44.2 Å². The Labute approximate surface area is 176 Å². The lowest BCUT2D eigenvalue weighted by atomic mass is 10.2. The lowest BCUT2D eigenvalue weighted by molar-refractivity contribution is -0.121. The summed E-state index contributed by atoms with van der Waals surface area (Å²) >= 11 is 1.20. The first kappa shape index (κ1) is 21.1. The van der Waals surface area contributed by atoms with E-state index in [2.05, 4.69) is 21.2 Å². The van der Waals surface area contributed by atoms with Crippen LogP contribution in [0.3, 0.4) is 0 Å². The topological polar surface area (TPSA) is 123 Å². The first-order valence-corrected chi connectivity index (χ1v) is 9.96. The van der Waals surface area contributed by atoms with Crippen LogP contribution in [-0.4, -0.2) is 29.3 Å². The van der Waals surface area contributed by atoms with Gasteiger partial charge in [-0.25, -0.2) is 4.98 Å². The van der Waals surface area contributed by atoms with Crippen molar-refractivity contribution in [1.82, 2.24) is 15.8 Å². The molecule has 3 rings (SSSR count). The highest BCUT2D eigenvalue weighted by atomic mass is 32.1. The van der Waals surface area contributed by atoms with E-state index in [1.165, 1.54) is 17.6 Å². The van der Waals surface area contributed by atoms with Crippen molar-refractivity contribution >= 4 is 34.2 Å². The number of aryl methyl sites for hydroxylation is 1. The minimum atomic E-state index is -0.451. The van der Waals surface area contributed by atoms with Gasteiger partial charge in [0.15, 0.2) is 5.13 Å². The molecule has 10 heteroatoms. The van der Waals surface area contributed by atoms with Crippen molar-refractivity contribution in [3.05, 3.63) is 64.6 Å². The summed E-state index contributed by atoms with van der Waals surface area (Å²) in [5.41, 5.74) is 5.96. The summed E-state index contributed by atoms with van der Waals surface area (Å²) in [6.07, 6.45) is 1.38. The van der Waals surface area contributed by atoms with Crippen LogP contribution in [0.1, 0.15) is 39.1 Å². The van der Waals surface area contributed by atoms with Crippen molar-refractivity contribution in [1.29, 1.82) is 0 Å². The standard InChI is InChI=1S/C20H20N4O5S/c1-3-28-15-6-4-13(5-7-15)18(26)24-23-17(25)10-14-11-30-20(21-14)22-19(27)16-8-9-29-12(16)2/h4-9,11H,3,10H2,1-2H3,(H,23,25)(H,24,26)(H,21,22,27). The van der Waals surface area contributed by atoms with Gasteiger partial charge in [-0.15, -0.1) is 11.3 Å². The van der Waals surface area contributed by atoms with Gasteiger partial charge in [0.1, 0.15) is 11.5 Å². The average molecular weight is 428 g/mol. The lowest BCUT2D eigenvalue weighted by Crippen LogP contribution is -2.42. The van der Waals surface area contributed by atoms with Crippen molar-refractivity contribution in [2.45, 2.75) is 20.3 Å². The molecule has 0 saturated heterocycles. The molecule has 2 heterocycles. The van der Waals surface area contributed by atoms with Gasteiger partial charge in [-0.2, -0.15) is 0 Å². The quantitative estimate of drug-likeness (QED) is 0.497. The van der Waals surface area contributed by atoms with Gasteiger partial charge < -0.3 is 9.15 Å². The third kappa shape index (κ3) is 5.45. The molecule has 3 N–H and O–H groups in total. The number of hydrazine groups is 1. The molecule has 0 unspecified atom stereocenters. The molecule has 0 aliphatic heterocycles. The smallest absolute Gasteiger partial charge is 0.269 e. The molecule has 2 aromatic heterocycles. The van der Waals surface area contributed by atoms with Gasteiger partial charge in [-0.3, -0.25) is 30.6 Å². The summed E-state index contributed by atoms with van der Waals surface area (Å²) in [7, 11) is 0. The van der Waals surface area contributed by atoms with Crippen LogP contribution in [0.25, 0.3) is 0 Å². The number of nitrogens with one attached hydrogen (secondary N) is 3. The Hall–Kier alpha value is -3.66. The highest BCUT2D eigenvalue weighted by Crippen LogP contribution is 2.18. The van der Waals surface area contributed by atoms with E-state index in [1.807, 2.05) is 6.92 Å². The fraction of sp³-hybridized carbons (Fsp3) is 0.200. The number of amides is 3. The fourth-order valence-electron chi connectivity index (χ4n) is 2.51. The number of carbonyl (C=O) groups is 3. The molecule has 0 atom stereocenters. The Kier molecular flexibility index (Phi) is 6.81. The Morgan fingerprint density at radius 1 is 1.10 bits per heavy atom. The van der Waals surface area contributed by atoms with Crippen molar-refractivity contribution in [3.8, 4) is 5.75 Å². The predicted molar refractivity (Wildman–Crippen MR) is 110 cm³/mol. The van der Waals surface area contributed by atoms with E-state index in [4.69, 9.17) is 9.15 Å². The number of benzene rings is 1. The van der Waals surface area contributed by atoms with E-state index in [0.29, 0.717) is 40.1 Å². The van der Waals surface area contributed by atoms with E-state index in [-0.39, 0.29) is 12.3 Å². The molecule has 0 bridgehead atoms. The van der Waals surface area contributed by atoms with Crippen LogP contribution in [-0.2, 0) is 11.2 Å². The highest BCUT2D eigenvalue weighted by molar-refractivity contribution is 7.14. The maximum Gasteiger partial charge on any atom is 0.269 e. The first-order chi connectivity index (χ1) is 14.5. The molecule has 0 aliphatic rings. The lowest BCUT2D eigenvalue weighted by Gasteiger charge is -2.07. The molecule has 0 radical (unpaired) electrons. The first-order valence-electron chi connectivity index (χ1n) is 9.08. The molecule has 30 heavy (non-hydrogen) atoms. The number of nitrogens with zero attached hydrogens (tertiary/aromatic N) is 1. The molecule has 0 fully saturated rings. The second-order valence-corrected chi connectivity index (χ2v) is 6.98. The third-order valence-corrected chi connectivity index (χ3v) is 4.77. The molecule has 9 nitrogen and oxygen atoms in total. The molecular weight excluding hydrogens is 408 g/mol. The summed E-state index contributed by atoms with van der Waals surface area (Å²) in [5.74, 6) is -0.0650. The number of carbonyl (C=O) groups excluding carboxylic acids is 3. The Balaban J connectivity index is 1.47. The number of rotatable bonds is 7. The number of hydrogen-bond donors (Lipinski definition) is 3. The van der Waals surface area contributed by atoms with Gasteiger partial charge in [-0.1, -0.05) is 0 Å². The van der Waals surface area contributed by atoms with Crippen LogP contribution in [0.4, 0.5) is 5.13 Å². The number of furan rings is 1. The SMILES string of the molecule is CCOc1ccc(C(=O)NNC(=O)Cc2csc(NC(=O)c3ccoc3C)n2)cc1. The van der Waals surface area contributed by atoms with E-state index in [9.17, 15) is 14.4 Å². The van der Waals surface area contributed by atoms with E-state index >= 15 is 0 Å². The summed E-state index contributed by atoms with van der Waals surface area (Å²) in [4.78, 5) is 40.5. The normalized spacial score (nSPS) is 10.3. The Morgan fingerprint density at radius 3 is 2.53 bits per heavy atom. The molecule has 0 spiro atoms. The van der Waals surface area contributed by atoms with E-state index in [1.54, 1.807) is 42.6 Å². The molecule has 156 valence electrons. The van der Waals surface area contributed by atoms with Crippen LogP contribution in [0.15, 0.2) is 46.4 Å². The van der Waals surface area contributed by atoms with Gasteiger partial charge in [0.05, 0.1) is 30.5 Å². The van der Waals surface area contributed by atoms with Crippen LogP contribution in [0.2, 0.25) is 0 Å². The zero-order valence-corrected chi connectivity index (χ0v) is 17.2. The Morgan fingerprint density at radius 2 is 1.87 bits per heavy atom. The zero-order valence-electron chi connectivity index (χ0n) is 16.4. The predicted octanol–water partition coefficient (Wildman–Crippen LogP) is 2.70. The van der Waals surface area contributed by atoms with Crippen molar-refractivity contribution in [2.24, 2.45) is 0 Å². The van der Waals surface area contributed by atoms with Gasteiger partial charge >= 0.3 is 0 Å². The van der Waals surface area contributed by atoms with Crippen molar-refractivity contribution in [3.63, 3.8) is 0 Å². The second-order valence-electron chi connectivity index (χ2n) is 6.13. The average Bonchev–Trinajstić information content (AvgIpc) is 3.35. The number of thiazole rings is 1. The maximum atomic E-state index is 12.2. The maximum absolute atomic E-state index is 12.2. The molecular formula is C20H20N4O5S. The second kappa shape index (κ2) is 9.70. The third-order valence-electron chi connectivity index (χ3n) is 3.96. The van der Waals surface area contributed by atoms with Gasteiger partial charge in [0.2, 0.25) is 5.91 Å². The van der Waals surface area contributed by atoms with E-state index in [0.717, 1.165) is 0 Å². The summed E-state index contributed by atoms with van der Waals surface area (Å²) in [5, 5.41) is 4.68. The zero-order chi connectivity index (χ0) is 21.5. The molecule has 0 aliphatic carbocycles. The van der Waals surface area contributed by atoms with Crippen molar-refractivity contribution in [2.75, 3.05) is 11.9 Å². The minimum absolute atomic E-state index is 0.0549. The summed E-state index contributed by atoms with van der Waals surface area (Å²) in [6.45, 7) is 4.09. The molecule has 3 amide bonds. The summed E-state index contributed by atoms with van der Waals surface area (Å²) in [6, 6.07) is 8.12. The fourth-order valence-corrected chi connectivity index (χ4v) is 3.21. The molecule has 3 aromatic rings. The van der Waals surface area contributed by atoms with Crippen LogP contribution in [0.5, 0.6) is 5.75 Å². The number of aromatic nitrogens is 1.